The largest absolute Gasteiger partial charge is 0.493 e. The minimum Gasteiger partial charge on any atom is -0.493 e. The molecule has 3 aromatic rings. The van der Waals surface area contributed by atoms with Crippen LogP contribution in [0.15, 0.2) is 48.5 Å². The molecule has 3 aliphatic heterocycles. The van der Waals surface area contributed by atoms with Gasteiger partial charge in [0.05, 0.1) is 26.0 Å². The summed E-state index contributed by atoms with van der Waals surface area (Å²) in [4.78, 5) is 14.8. The summed E-state index contributed by atoms with van der Waals surface area (Å²) in [6.45, 7) is 3.44. The highest BCUT2D eigenvalue weighted by molar-refractivity contribution is 5.95. The molecule has 1 aromatic heterocycles. The number of hydrogen-bond donors (Lipinski definition) is 2. The van der Waals surface area contributed by atoms with Crippen molar-refractivity contribution in [2.45, 2.75) is 31.1 Å². The quantitative estimate of drug-likeness (QED) is 0.489. The molecule has 206 valence electrons. The van der Waals surface area contributed by atoms with Gasteiger partial charge in [-0.25, -0.2) is 4.68 Å². The third-order valence-corrected chi connectivity index (χ3v) is 8.10. The average molecular weight is 542 g/mol. The standard InChI is InChI=1S/C28H30F3N5O3/c1-38-22-8-7-19(11-23(22)39-2)20-12-24(28(29,30)31)36-25(33-20)13-21(34-36)17-3-5-18(6-4-17)26(37)35-15-27(16-35)9-10-32-14-27/h3-8,11,13,20,24,32-33H,9-10,12,14-16H2,1-2H3. The highest BCUT2D eigenvalue weighted by atomic mass is 19.4. The monoisotopic (exact) mass is 541 g/mol. The zero-order valence-corrected chi connectivity index (χ0v) is 21.7. The van der Waals surface area contributed by atoms with E-state index in [9.17, 15) is 18.0 Å². The first-order valence-electron chi connectivity index (χ1n) is 12.9. The van der Waals surface area contributed by atoms with Crippen LogP contribution < -0.4 is 20.1 Å². The fourth-order valence-corrected chi connectivity index (χ4v) is 5.94. The summed E-state index contributed by atoms with van der Waals surface area (Å²) in [5.74, 6) is 1.19. The first-order valence-corrected chi connectivity index (χ1v) is 12.9. The van der Waals surface area contributed by atoms with E-state index in [1.54, 1.807) is 48.5 Å². The Morgan fingerprint density at radius 1 is 1.05 bits per heavy atom. The van der Waals surface area contributed by atoms with Gasteiger partial charge < -0.3 is 25.0 Å². The van der Waals surface area contributed by atoms with E-state index in [4.69, 9.17) is 9.47 Å². The number of amides is 1. The van der Waals surface area contributed by atoms with Crippen LogP contribution in [-0.4, -0.2) is 67.2 Å². The summed E-state index contributed by atoms with van der Waals surface area (Å²) in [5.41, 5.74) is 2.46. The lowest BCUT2D eigenvalue weighted by Gasteiger charge is -2.47. The Hall–Kier alpha value is -3.73. The van der Waals surface area contributed by atoms with E-state index >= 15 is 0 Å². The van der Waals surface area contributed by atoms with E-state index in [0.717, 1.165) is 37.3 Å². The summed E-state index contributed by atoms with van der Waals surface area (Å²) in [5, 5.41) is 10.9. The Labute approximate surface area is 224 Å². The summed E-state index contributed by atoms with van der Waals surface area (Å²) in [6, 6.07) is 11.2. The van der Waals surface area contributed by atoms with Crippen LogP contribution in [0.2, 0.25) is 0 Å². The van der Waals surface area contributed by atoms with Crippen molar-refractivity contribution in [3.05, 3.63) is 59.7 Å². The van der Waals surface area contributed by atoms with Gasteiger partial charge in [-0.2, -0.15) is 18.3 Å². The Morgan fingerprint density at radius 2 is 1.79 bits per heavy atom. The van der Waals surface area contributed by atoms with Crippen molar-refractivity contribution in [3.63, 3.8) is 0 Å². The number of nitrogens with zero attached hydrogens (tertiary/aromatic N) is 3. The normalized spacial score (nSPS) is 21.7. The van der Waals surface area contributed by atoms with Crippen LogP contribution >= 0.6 is 0 Å². The Balaban J connectivity index is 1.23. The SMILES string of the molecule is COc1ccc(C2CC(C(F)(F)F)n3nc(-c4ccc(C(=O)N5CC6(CCNC6)C5)cc4)cc3N2)cc1OC. The maximum absolute atomic E-state index is 14.2. The van der Waals surface area contributed by atoms with Gasteiger partial charge in [0, 0.05) is 48.7 Å². The fraction of sp³-hybridized carbons (Fsp3) is 0.429. The van der Waals surface area contributed by atoms with E-state index < -0.39 is 18.3 Å². The highest BCUT2D eigenvalue weighted by Crippen LogP contribution is 2.45. The fourth-order valence-electron chi connectivity index (χ4n) is 5.94. The minimum absolute atomic E-state index is 0.0280. The zero-order chi connectivity index (χ0) is 27.4. The van der Waals surface area contributed by atoms with Crippen LogP contribution in [0.5, 0.6) is 11.5 Å². The van der Waals surface area contributed by atoms with Crippen molar-refractivity contribution >= 4 is 11.7 Å². The third-order valence-electron chi connectivity index (χ3n) is 8.10. The lowest BCUT2D eigenvalue weighted by Crippen LogP contribution is -2.59. The molecule has 39 heavy (non-hydrogen) atoms. The number of nitrogens with one attached hydrogen (secondary N) is 2. The molecule has 2 saturated heterocycles. The van der Waals surface area contributed by atoms with Crippen molar-refractivity contribution in [1.82, 2.24) is 20.0 Å². The molecule has 0 saturated carbocycles. The minimum atomic E-state index is -4.49. The molecule has 0 radical (unpaired) electrons. The van der Waals surface area contributed by atoms with Gasteiger partial charge in [-0.3, -0.25) is 4.79 Å². The molecule has 0 bridgehead atoms. The maximum Gasteiger partial charge on any atom is 0.410 e. The zero-order valence-electron chi connectivity index (χ0n) is 21.7. The number of benzene rings is 2. The maximum atomic E-state index is 14.2. The van der Waals surface area contributed by atoms with Crippen molar-refractivity contribution < 1.29 is 27.4 Å². The van der Waals surface area contributed by atoms with E-state index in [0.29, 0.717) is 33.9 Å². The van der Waals surface area contributed by atoms with Gasteiger partial charge in [-0.15, -0.1) is 0 Å². The van der Waals surface area contributed by atoms with E-state index in [2.05, 4.69) is 15.7 Å². The molecular formula is C28H30F3N5O3. The van der Waals surface area contributed by atoms with Gasteiger partial charge in [0.2, 0.25) is 0 Å². The second kappa shape index (κ2) is 9.48. The number of ether oxygens (including phenoxy) is 2. The first kappa shape index (κ1) is 25.5. The van der Waals surface area contributed by atoms with Gasteiger partial charge in [0.15, 0.2) is 17.5 Å². The van der Waals surface area contributed by atoms with Crippen LogP contribution in [0.25, 0.3) is 11.3 Å². The predicted molar refractivity (Wildman–Crippen MR) is 139 cm³/mol. The van der Waals surface area contributed by atoms with Crippen LogP contribution in [0.1, 0.15) is 40.8 Å². The smallest absolute Gasteiger partial charge is 0.410 e. The molecule has 2 fully saturated rings. The Kier molecular flexibility index (Phi) is 6.21. The number of aromatic nitrogens is 2. The molecule has 6 rings (SSSR count). The van der Waals surface area contributed by atoms with Gasteiger partial charge in [-0.1, -0.05) is 18.2 Å². The summed E-state index contributed by atoms with van der Waals surface area (Å²) >= 11 is 0. The number of rotatable bonds is 5. The van der Waals surface area contributed by atoms with Crippen molar-refractivity contribution in [1.29, 1.82) is 0 Å². The average Bonchev–Trinajstić information content (AvgIpc) is 3.58. The van der Waals surface area contributed by atoms with E-state index in [-0.39, 0.29) is 23.6 Å². The highest BCUT2D eigenvalue weighted by Gasteiger charge is 2.48. The second-order valence-electron chi connectivity index (χ2n) is 10.6. The molecule has 1 amide bonds. The number of halogens is 3. The second-order valence-corrected chi connectivity index (χ2v) is 10.6. The van der Waals surface area contributed by atoms with E-state index in [1.807, 2.05) is 4.90 Å². The number of alkyl halides is 3. The number of anilines is 1. The number of methoxy groups -OCH3 is 2. The molecule has 1 spiro atoms. The number of fused-ring (bicyclic) bond motifs is 1. The summed E-state index contributed by atoms with van der Waals surface area (Å²) < 4.78 is 54.1. The van der Waals surface area contributed by atoms with Crippen LogP contribution in [-0.2, 0) is 0 Å². The topological polar surface area (TPSA) is 80.7 Å². The van der Waals surface area contributed by atoms with Crippen molar-refractivity contribution in [2.24, 2.45) is 5.41 Å². The Morgan fingerprint density at radius 3 is 2.44 bits per heavy atom. The van der Waals surface area contributed by atoms with Gasteiger partial charge in [0.25, 0.3) is 5.91 Å². The lowest BCUT2D eigenvalue weighted by molar-refractivity contribution is -0.173. The Bertz CT molecular complexity index is 1370. The molecule has 11 heteroatoms. The summed E-state index contributed by atoms with van der Waals surface area (Å²) in [7, 11) is 2.99. The molecule has 2 aromatic carbocycles. The molecular weight excluding hydrogens is 511 g/mol. The van der Waals surface area contributed by atoms with Crippen molar-refractivity contribution in [3.8, 4) is 22.8 Å². The molecule has 2 atom stereocenters. The van der Waals surface area contributed by atoms with Crippen LogP contribution in [0.4, 0.5) is 19.0 Å². The van der Waals surface area contributed by atoms with E-state index in [1.165, 1.54) is 14.2 Å². The molecule has 2 unspecified atom stereocenters. The van der Waals surface area contributed by atoms with Gasteiger partial charge in [-0.05, 0) is 42.8 Å². The third kappa shape index (κ3) is 4.58. The number of carbonyl (C=O) groups is 1. The number of hydrogen-bond acceptors (Lipinski definition) is 6. The summed E-state index contributed by atoms with van der Waals surface area (Å²) in [6.07, 6.45) is -3.64. The number of carbonyl (C=O) groups excluding carboxylic acids is 1. The number of likely N-dealkylation sites (tertiary alicyclic amines) is 1. The molecule has 8 nitrogen and oxygen atoms in total. The predicted octanol–water partition coefficient (Wildman–Crippen LogP) is 4.66. The van der Waals surface area contributed by atoms with Crippen LogP contribution in [0.3, 0.4) is 0 Å². The molecule has 4 heterocycles. The van der Waals surface area contributed by atoms with Crippen molar-refractivity contribution in [2.75, 3.05) is 45.7 Å². The first-order chi connectivity index (χ1) is 18.7. The molecule has 3 aliphatic rings. The molecule has 2 N–H and O–H groups in total. The van der Waals surface area contributed by atoms with Crippen LogP contribution in [0, 0.1) is 5.41 Å². The van der Waals surface area contributed by atoms with Gasteiger partial charge in [0.1, 0.15) is 5.82 Å². The van der Waals surface area contributed by atoms with Gasteiger partial charge >= 0.3 is 6.18 Å². The lowest BCUT2D eigenvalue weighted by atomic mass is 9.79. The molecule has 0 aliphatic carbocycles.